The molecule has 0 bridgehead atoms. The van der Waals surface area contributed by atoms with Crippen LogP contribution in [0.15, 0.2) is 54.6 Å². The fourth-order valence-corrected chi connectivity index (χ4v) is 2.54. The van der Waals surface area contributed by atoms with Crippen LogP contribution < -0.4 is 10.6 Å². The normalized spacial score (nSPS) is 12.7. The van der Waals surface area contributed by atoms with Crippen LogP contribution >= 0.6 is 46.4 Å². The van der Waals surface area contributed by atoms with Crippen LogP contribution in [0.2, 0.25) is 5.02 Å². The van der Waals surface area contributed by atoms with Gasteiger partial charge in [-0.1, -0.05) is 88.9 Å². The zero-order valence-corrected chi connectivity index (χ0v) is 14.9. The van der Waals surface area contributed by atoms with Crippen LogP contribution in [0.5, 0.6) is 0 Å². The summed E-state index contributed by atoms with van der Waals surface area (Å²) in [5.41, 5.74) is 1.31. The summed E-state index contributed by atoms with van der Waals surface area (Å²) < 4.78 is -1.72. The number of carbonyl (C=O) groups is 1. The van der Waals surface area contributed by atoms with Crippen LogP contribution in [0.25, 0.3) is 0 Å². The molecule has 122 valence electrons. The minimum atomic E-state index is -1.72. The van der Waals surface area contributed by atoms with Gasteiger partial charge in [0, 0.05) is 6.54 Å². The first-order valence-corrected chi connectivity index (χ1v) is 8.28. The maximum absolute atomic E-state index is 12.3. The Morgan fingerprint density at radius 3 is 2.22 bits per heavy atom. The number of carbonyl (C=O) groups excluding carboxylic acids is 1. The molecule has 0 aliphatic heterocycles. The predicted octanol–water partition coefficient (Wildman–Crippen LogP) is 4.56. The van der Waals surface area contributed by atoms with Crippen LogP contribution in [-0.4, -0.2) is 15.9 Å². The molecule has 0 heterocycles. The predicted molar refractivity (Wildman–Crippen MR) is 96.3 cm³/mol. The third-order valence-corrected chi connectivity index (χ3v) is 4.06. The summed E-state index contributed by atoms with van der Waals surface area (Å²) in [6.07, 6.45) is -0.878. The van der Waals surface area contributed by atoms with Gasteiger partial charge in [-0.3, -0.25) is 10.1 Å². The SMILES string of the molecule is O=C(N[C@H](NCc1ccccc1)C(Cl)(Cl)Cl)c1ccccc1Cl. The Hall–Kier alpha value is -0.970. The lowest BCUT2D eigenvalue weighted by molar-refractivity contribution is 0.0929. The van der Waals surface area contributed by atoms with Crippen molar-refractivity contribution in [3.05, 3.63) is 70.7 Å². The largest absolute Gasteiger partial charge is 0.333 e. The van der Waals surface area contributed by atoms with Crippen LogP contribution in [0, 0.1) is 0 Å². The van der Waals surface area contributed by atoms with E-state index in [1.807, 2.05) is 30.3 Å². The molecule has 0 spiro atoms. The lowest BCUT2D eigenvalue weighted by atomic mass is 10.2. The summed E-state index contributed by atoms with van der Waals surface area (Å²) >= 11 is 23.9. The average Bonchev–Trinajstić information content (AvgIpc) is 2.51. The molecule has 0 unspecified atom stereocenters. The number of hydrogen-bond acceptors (Lipinski definition) is 2. The average molecular weight is 392 g/mol. The molecule has 7 heteroatoms. The highest BCUT2D eigenvalue weighted by atomic mass is 35.6. The smallest absolute Gasteiger partial charge is 0.254 e. The van der Waals surface area contributed by atoms with Gasteiger partial charge in [-0.2, -0.15) is 0 Å². The first kappa shape index (κ1) is 18.4. The Morgan fingerprint density at radius 1 is 1.00 bits per heavy atom. The van der Waals surface area contributed by atoms with Gasteiger partial charge >= 0.3 is 0 Å². The Morgan fingerprint density at radius 2 is 1.61 bits per heavy atom. The van der Waals surface area contributed by atoms with Crippen molar-refractivity contribution >= 4 is 52.3 Å². The van der Waals surface area contributed by atoms with E-state index in [1.165, 1.54) is 0 Å². The van der Waals surface area contributed by atoms with Crippen LogP contribution in [0.4, 0.5) is 0 Å². The monoisotopic (exact) mass is 390 g/mol. The van der Waals surface area contributed by atoms with Crippen molar-refractivity contribution in [2.45, 2.75) is 16.5 Å². The van der Waals surface area contributed by atoms with Crippen LogP contribution in [0.1, 0.15) is 15.9 Å². The van der Waals surface area contributed by atoms with E-state index in [4.69, 9.17) is 46.4 Å². The second kappa shape index (κ2) is 8.22. The van der Waals surface area contributed by atoms with E-state index >= 15 is 0 Å². The number of amides is 1. The molecule has 3 nitrogen and oxygen atoms in total. The molecule has 0 fully saturated rings. The summed E-state index contributed by atoms with van der Waals surface area (Å²) in [6, 6.07) is 16.3. The van der Waals surface area contributed by atoms with E-state index in [2.05, 4.69) is 10.6 Å². The standard InChI is InChI=1S/C16H14Cl4N2O/c17-13-9-5-4-8-12(13)14(23)22-15(16(18,19)20)21-10-11-6-2-1-3-7-11/h1-9,15,21H,10H2,(H,22,23)/t15-/m0/s1. The van der Waals surface area contributed by atoms with Crippen molar-refractivity contribution in [3.8, 4) is 0 Å². The first-order valence-electron chi connectivity index (χ1n) is 6.77. The third-order valence-electron chi connectivity index (χ3n) is 3.07. The van der Waals surface area contributed by atoms with Crippen molar-refractivity contribution in [2.24, 2.45) is 0 Å². The maximum atomic E-state index is 12.3. The topological polar surface area (TPSA) is 41.1 Å². The highest BCUT2D eigenvalue weighted by molar-refractivity contribution is 6.68. The molecule has 23 heavy (non-hydrogen) atoms. The van der Waals surface area contributed by atoms with Crippen molar-refractivity contribution in [1.29, 1.82) is 0 Å². The number of benzene rings is 2. The van der Waals surface area contributed by atoms with E-state index in [9.17, 15) is 4.79 Å². The van der Waals surface area contributed by atoms with E-state index in [-0.39, 0.29) is 0 Å². The molecule has 0 saturated carbocycles. The molecule has 2 aromatic carbocycles. The van der Waals surface area contributed by atoms with Crippen molar-refractivity contribution in [3.63, 3.8) is 0 Å². The third kappa shape index (κ3) is 5.55. The van der Waals surface area contributed by atoms with Gasteiger partial charge in [-0.15, -0.1) is 0 Å². The van der Waals surface area contributed by atoms with E-state index in [0.29, 0.717) is 17.1 Å². The zero-order valence-electron chi connectivity index (χ0n) is 11.9. The van der Waals surface area contributed by atoms with Crippen LogP contribution in [0.3, 0.4) is 0 Å². The Balaban J connectivity index is 2.07. The molecule has 0 aliphatic carbocycles. The molecule has 2 rings (SSSR count). The van der Waals surface area contributed by atoms with Crippen molar-refractivity contribution in [2.75, 3.05) is 0 Å². The Kier molecular flexibility index (Phi) is 6.57. The van der Waals surface area contributed by atoms with E-state index in [1.54, 1.807) is 24.3 Å². The van der Waals surface area contributed by atoms with Gasteiger partial charge in [-0.05, 0) is 17.7 Å². The number of halogens is 4. The summed E-state index contributed by atoms with van der Waals surface area (Å²) in [5, 5.41) is 6.01. The van der Waals surface area contributed by atoms with Gasteiger partial charge < -0.3 is 5.32 Å². The molecule has 1 atom stereocenters. The van der Waals surface area contributed by atoms with E-state index < -0.39 is 15.9 Å². The highest BCUT2D eigenvalue weighted by Crippen LogP contribution is 2.29. The number of alkyl halides is 3. The minimum absolute atomic E-state index is 0.315. The second-order valence-electron chi connectivity index (χ2n) is 4.79. The minimum Gasteiger partial charge on any atom is -0.333 e. The summed E-state index contributed by atoms with van der Waals surface area (Å²) in [6.45, 7) is 0.433. The zero-order chi connectivity index (χ0) is 16.9. The van der Waals surface area contributed by atoms with Gasteiger partial charge in [0.2, 0.25) is 3.79 Å². The van der Waals surface area contributed by atoms with Crippen molar-refractivity contribution < 1.29 is 4.79 Å². The lowest BCUT2D eigenvalue weighted by Crippen LogP contribution is -2.53. The molecule has 0 saturated heterocycles. The highest BCUT2D eigenvalue weighted by Gasteiger charge is 2.34. The number of rotatable bonds is 5. The molecule has 2 N–H and O–H groups in total. The summed E-state index contributed by atoms with van der Waals surface area (Å²) in [7, 11) is 0. The van der Waals surface area contributed by atoms with Gasteiger partial charge in [-0.25, -0.2) is 0 Å². The maximum Gasteiger partial charge on any atom is 0.254 e. The number of hydrogen-bond donors (Lipinski definition) is 2. The van der Waals surface area contributed by atoms with E-state index in [0.717, 1.165) is 5.56 Å². The molecular formula is C16H14Cl4N2O. The molecule has 0 aliphatic rings. The molecule has 0 aromatic heterocycles. The fourth-order valence-electron chi connectivity index (χ4n) is 1.92. The van der Waals surface area contributed by atoms with Crippen LogP contribution in [-0.2, 0) is 6.54 Å². The molecule has 0 radical (unpaired) electrons. The summed E-state index contributed by atoms with van der Waals surface area (Å²) in [5.74, 6) is -0.424. The second-order valence-corrected chi connectivity index (χ2v) is 7.57. The lowest BCUT2D eigenvalue weighted by Gasteiger charge is -2.27. The number of nitrogens with one attached hydrogen (secondary N) is 2. The van der Waals surface area contributed by atoms with Gasteiger partial charge in [0.15, 0.2) is 0 Å². The first-order chi connectivity index (χ1) is 10.9. The molecular weight excluding hydrogens is 378 g/mol. The Labute approximate surface area is 154 Å². The molecule has 2 aromatic rings. The quantitative estimate of drug-likeness (QED) is 0.579. The van der Waals surface area contributed by atoms with Crippen molar-refractivity contribution in [1.82, 2.24) is 10.6 Å². The van der Waals surface area contributed by atoms with Gasteiger partial charge in [0.25, 0.3) is 5.91 Å². The Bertz CT molecular complexity index is 659. The van der Waals surface area contributed by atoms with Gasteiger partial charge in [0.1, 0.15) is 6.17 Å². The summed E-state index contributed by atoms with van der Waals surface area (Å²) in [4.78, 5) is 12.3. The van der Waals surface area contributed by atoms with Gasteiger partial charge in [0.05, 0.1) is 10.6 Å². The molecule has 1 amide bonds. The fraction of sp³-hybridized carbons (Fsp3) is 0.188.